The number of benzene rings is 1. The Labute approximate surface area is 178 Å². The Morgan fingerprint density at radius 2 is 2.16 bits per heavy atom. The molecule has 0 bridgehead atoms. The molecule has 31 heavy (non-hydrogen) atoms. The van der Waals surface area contributed by atoms with Crippen LogP contribution in [0.15, 0.2) is 59.8 Å². The van der Waals surface area contributed by atoms with Gasteiger partial charge in [0.05, 0.1) is 11.6 Å². The SMILES string of the molecule is C=CC(O)(C#Cc1cccc(-c2nc(C(N)=O)c3ccn(C)c3n2)c1)c1ncc(C)o1. The standard InChI is InChI=1S/C23H19N5O3/c1-4-23(30,22-25-13-14(2)31-22)10-8-15-6-5-7-16(12-15)20-26-18(19(24)29)17-9-11-28(3)21(17)27-20/h4-7,9,11-13,30H,1H2,2-3H3,(H2,24,29). The number of oxazole rings is 1. The molecule has 154 valence electrons. The third-order valence-electron chi connectivity index (χ3n) is 4.72. The lowest BCUT2D eigenvalue weighted by Gasteiger charge is -2.12. The van der Waals surface area contributed by atoms with Crippen molar-refractivity contribution in [1.29, 1.82) is 0 Å². The van der Waals surface area contributed by atoms with Gasteiger partial charge in [-0.05, 0) is 37.1 Å². The van der Waals surface area contributed by atoms with Gasteiger partial charge in [0, 0.05) is 24.4 Å². The summed E-state index contributed by atoms with van der Waals surface area (Å²) in [5, 5.41) is 11.3. The molecule has 3 heterocycles. The van der Waals surface area contributed by atoms with Gasteiger partial charge < -0.3 is 19.8 Å². The third-order valence-corrected chi connectivity index (χ3v) is 4.72. The van der Waals surface area contributed by atoms with Crippen molar-refractivity contribution in [3.8, 4) is 23.2 Å². The van der Waals surface area contributed by atoms with Crippen molar-refractivity contribution in [2.75, 3.05) is 0 Å². The molecule has 0 fully saturated rings. The lowest BCUT2D eigenvalue weighted by atomic mass is 10.0. The summed E-state index contributed by atoms with van der Waals surface area (Å²) in [4.78, 5) is 24.9. The molecule has 0 spiro atoms. The van der Waals surface area contributed by atoms with Crippen LogP contribution in [0.3, 0.4) is 0 Å². The molecule has 4 aromatic rings. The first-order valence-corrected chi connectivity index (χ1v) is 9.36. The Hall–Kier alpha value is -4.22. The largest absolute Gasteiger partial charge is 0.442 e. The van der Waals surface area contributed by atoms with Crippen molar-refractivity contribution in [3.63, 3.8) is 0 Å². The smallest absolute Gasteiger partial charge is 0.268 e. The van der Waals surface area contributed by atoms with Crippen LogP contribution in [0.4, 0.5) is 0 Å². The van der Waals surface area contributed by atoms with Crippen molar-refractivity contribution >= 4 is 16.9 Å². The highest BCUT2D eigenvalue weighted by molar-refractivity contribution is 6.03. The Balaban J connectivity index is 1.77. The van der Waals surface area contributed by atoms with Gasteiger partial charge >= 0.3 is 0 Å². The van der Waals surface area contributed by atoms with Crippen LogP contribution in [-0.2, 0) is 12.6 Å². The van der Waals surface area contributed by atoms with Crippen molar-refractivity contribution in [2.45, 2.75) is 12.5 Å². The lowest BCUT2D eigenvalue weighted by molar-refractivity contribution is 0.0997. The number of carbonyl (C=O) groups excluding carboxylic acids is 1. The van der Waals surface area contributed by atoms with Crippen LogP contribution in [0.2, 0.25) is 0 Å². The minimum atomic E-state index is -1.73. The summed E-state index contributed by atoms with van der Waals surface area (Å²) >= 11 is 0. The van der Waals surface area contributed by atoms with Gasteiger partial charge in [-0.2, -0.15) is 0 Å². The molecule has 0 saturated carbocycles. The number of amides is 1. The number of aromatic nitrogens is 4. The minimum absolute atomic E-state index is 0.0484. The van der Waals surface area contributed by atoms with Crippen molar-refractivity contribution < 1.29 is 14.3 Å². The number of nitrogens with zero attached hydrogens (tertiary/aromatic N) is 4. The van der Waals surface area contributed by atoms with E-state index in [1.165, 1.54) is 12.3 Å². The summed E-state index contributed by atoms with van der Waals surface area (Å²) in [6, 6.07) is 8.87. The summed E-state index contributed by atoms with van der Waals surface area (Å²) in [5.74, 6) is 5.97. The van der Waals surface area contributed by atoms with Gasteiger partial charge in [-0.15, -0.1) is 0 Å². The average molecular weight is 413 g/mol. The normalized spacial score (nSPS) is 12.7. The number of carbonyl (C=O) groups is 1. The number of hydrogen-bond acceptors (Lipinski definition) is 6. The number of aryl methyl sites for hydroxylation is 2. The monoisotopic (exact) mass is 413 g/mol. The number of fused-ring (bicyclic) bond motifs is 1. The highest BCUT2D eigenvalue weighted by Crippen LogP contribution is 2.24. The molecule has 0 aliphatic rings. The minimum Gasteiger partial charge on any atom is -0.442 e. The molecule has 3 aromatic heterocycles. The van der Waals surface area contributed by atoms with E-state index in [4.69, 9.17) is 10.2 Å². The number of nitrogens with two attached hydrogens (primary N) is 1. The summed E-state index contributed by atoms with van der Waals surface area (Å²) in [7, 11) is 1.83. The van der Waals surface area contributed by atoms with Gasteiger partial charge in [0.1, 0.15) is 17.1 Å². The van der Waals surface area contributed by atoms with E-state index < -0.39 is 11.5 Å². The van der Waals surface area contributed by atoms with E-state index in [9.17, 15) is 9.90 Å². The van der Waals surface area contributed by atoms with E-state index in [0.29, 0.717) is 33.7 Å². The van der Waals surface area contributed by atoms with E-state index in [1.807, 2.05) is 7.05 Å². The molecule has 0 aliphatic carbocycles. The second-order valence-corrected chi connectivity index (χ2v) is 7.00. The third kappa shape index (κ3) is 3.70. The molecule has 3 N–H and O–H groups in total. The fourth-order valence-electron chi connectivity index (χ4n) is 3.08. The van der Waals surface area contributed by atoms with E-state index in [2.05, 4.69) is 33.4 Å². The molecular formula is C23H19N5O3. The van der Waals surface area contributed by atoms with Crippen LogP contribution in [0, 0.1) is 18.8 Å². The molecule has 0 radical (unpaired) electrons. The second kappa shape index (κ2) is 7.55. The van der Waals surface area contributed by atoms with Crippen LogP contribution in [0.5, 0.6) is 0 Å². The van der Waals surface area contributed by atoms with Gasteiger partial charge in [0.2, 0.25) is 11.5 Å². The van der Waals surface area contributed by atoms with Gasteiger partial charge in [-0.3, -0.25) is 4.79 Å². The highest BCUT2D eigenvalue weighted by atomic mass is 16.4. The van der Waals surface area contributed by atoms with Crippen molar-refractivity contribution in [3.05, 3.63) is 78.3 Å². The lowest BCUT2D eigenvalue weighted by Crippen LogP contribution is -2.20. The molecule has 1 unspecified atom stereocenters. The van der Waals surface area contributed by atoms with Gasteiger partial charge in [0.15, 0.2) is 5.82 Å². The van der Waals surface area contributed by atoms with Crippen LogP contribution >= 0.6 is 0 Å². The Kier molecular flexibility index (Phi) is 4.89. The first kappa shape index (κ1) is 20.1. The molecule has 1 atom stereocenters. The quantitative estimate of drug-likeness (QED) is 0.392. The first-order valence-electron chi connectivity index (χ1n) is 9.36. The molecule has 1 aromatic carbocycles. The number of aliphatic hydroxyl groups is 1. The molecule has 8 heteroatoms. The van der Waals surface area contributed by atoms with Crippen molar-refractivity contribution in [2.24, 2.45) is 12.8 Å². The highest BCUT2D eigenvalue weighted by Gasteiger charge is 2.28. The van der Waals surface area contributed by atoms with E-state index in [-0.39, 0.29) is 11.6 Å². The Bertz CT molecular complexity index is 1390. The number of primary amides is 1. The molecule has 1 amide bonds. The van der Waals surface area contributed by atoms with Gasteiger partial charge in [0.25, 0.3) is 5.91 Å². The fraction of sp³-hybridized carbons (Fsp3) is 0.130. The predicted molar refractivity (Wildman–Crippen MR) is 115 cm³/mol. The van der Waals surface area contributed by atoms with Crippen LogP contribution in [0.1, 0.15) is 27.7 Å². The number of hydrogen-bond donors (Lipinski definition) is 2. The zero-order chi connectivity index (χ0) is 22.2. The summed E-state index contributed by atoms with van der Waals surface area (Å²) in [6.07, 6.45) is 4.55. The predicted octanol–water partition coefficient (Wildman–Crippen LogP) is 2.46. The maximum Gasteiger partial charge on any atom is 0.268 e. The zero-order valence-corrected chi connectivity index (χ0v) is 17.0. The van der Waals surface area contributed by atoms with E-state index >= 15 is 0 Å². The second-order valence-electron chi connectivity index (χ2n) is 7.00. The average Bonchev–Trinajstić information content (AvgIpc) is 3.38. The maximum atomic E-state index is 11.9. The molecule has 0 aliphatic heterocycles. The Morgan fingerprint density at radius 3 is 2.84 bits per heavy atom. The molecule has 8 nitrogen and oxygen atoms in total. The van der Waals surface area contributed by atoms with Gasteiger partial charge in [-0.1, -0.05) is 24.6 Å². The fourth-order valence-corrected chi connectivity index (χ4v) is 3.08. The number of rotatable bonds is 4. The molecular weight excluding hydrogens is 394 g/mol. The van der Waals surface area contributed by atoms with E-state index in [0.717, 1.165) is 0 Å². The molecule has 0 saturated heterocycles. The van der Waals surface area contributed by atoms with Crippen LogP contribution < -0.4 is 5.73 Å². The first-order chi connectivity index (χ1) is 14.8. The summed E-state index contributed by atoms with van der Waals surface area (Å²) < 4.78 is 7.19. The topological polar surface area (TPSA) is 120 Å². The van der Waals surface area contributed by atoms with Crippen LogP contribution in [-0.4, -0.2) is 30.5 Å². The van der Waals surface area contributed by atoms with E-state index in [1.54, 1.807) is 48.0 Å². The molecule has 4 rings (SSSR count). The van der Waals surface area contributed by atoms with Gasteiger partial charge in [-0.25, -0.2) is 15.0 Å². The maximum absolute atomic E-state index is 11.9. The van der Waals surface area contributed by atoms with Crippen molar-refractivity contribution in [1.82, 2.24) is 19.5 Å². The van der Waals surface area contributed by atoms with Crippen LogP contribution in [0.25, 0.3) is 22.4 Å². The summed E-state index contributed by atoms with van der Waals surface area (Å²) in [6.45, 7) is 5.36. The summed E-state index contributed by atoms with van der Waals surface area (Å²) in [5.41, 5.74) is 5.77. The zero-order valence-electron chi connectivity index (χ0n) is 17.0. The Morgan fingerprint density at radius 1 is 1.35 bits per heavy atom.